The highest BCUT2D eigenvalue weighted by molar-refractivity contribution is 6.30. The molecule has 1 unspecified atom stereocenters. The Morgan fingerprint density at radius 1 is 1.15 bits per heavy atom. The minimum Gasteiger partial charge on any atom is -0.356 e. The van der Waals surface area contributed by atoms with Crippen LogP contribution in [-0.4, -0.2) is 52.5 Å². The van der Waals surface area contributed by atoms with E-state index in [1.807, 2.05) is 4.52 Å². The molecule has 176 valence electrons. The molecule has 0 amide bonds. The van der Waals surface area contributed by atoms with Crippen LogP contribution in [0, 0.1) is 6.92 Å². The first kappa shape index (κ1) is 23.7. The van der Waals surface area contributed by atoms with Gasteiger partial charge in [-0.25, -0.2) is 9.50 Å². The number of halogens is 1. The van der Waals surface area contributed by atoms with Crippen molar-refractivity contribution in [2.75, 3.05) is 31.6 Å². The van der Waals surface area contributed by atoms with Crippen LogP contribution in [0.15, 0.2) is 30.5 Å². The van der Waals surface area contributed by atoms with Crippen molar-refractivity contribution in [1.82, 2.24) is 19.5 Å². The SMILES string of the molecule is Cc1cn2nc(C3CCCCN3C)cc2nc1N1CCCC1.NCc1ccc(Cl)cc1C=O. The number of aldehydes is 1. The van der Waals surface area contributed by atoms with Gasteiger partial charge in [-0.05, 0) is 63.9 Å². The largest absolute Gasteiger partial charge is 0.356 e. The lowest BCUT2D eigenvalue weighted by Gasteiger charge is -2.30. The Kier molecular flexibility index (Phi) is 7.63. The number of rotatable bonds is 4. The molecule has 0 saturated carbocycles. The minimum atomic E-state index is 0.366. The number of nitrogens with zero attached hydrogens (tertiary/aromatic N) is 5. The van der Waals surface area contributed by atoms with E-state index >= 15 is 0 Å². The van der Waals surface area contributed by atoms with Gasteiger partial charge in [-0.2, -0.15) is 5.10 Å². The molecule has 8 heteroatoms. The van der Waals surface area contributed by atoms with Crippen molar-refractivity contribution in [2.24, 2.45) is 5.73 Å². The Morgan fingerprint density at radius 2 is 1.91 bits per heavy atom. The van der Waals surface area contributed by atoms with Crippen molar-refractivity contribution in [1.29, 1.82) is 0 Å². The number of piperidine rings is 1. The highest BCUT2D eigenvalue weighted by atomic mass is 35.5. The fraction of sp³-hybridized carbons (Fsp3) is 0.480. The van der Waals surface area contributed by atoms with Crippen molar-refractivity contribution < 1.29 is 4.79 Å². The van der Waals surface area contributed by atoms with E-state index in [9.17, 15) is 4.79 Å². The summed E-state index contributed by atoms with van der Waals surface area (Å²) in [6.07, 6.45) is 9.27. The molecule has 2 fully saturated rings. The molecule has 2 aliphatic heterocycles. The zero-order chi connectivity index (χ0) is 23.4. The summed E-state index contributed by atoms with van der Waals surface area (Å²) in [6.45, 7) is 5.95. The number of likely N-dealkylation sites (tertiary alicyclic amines) is 1. The van der Waals surface area contributed by atoms with E-state index in [4.69, 9.17) is 27.4 Å². The van der Waals surface area contributed by atoms with Crippen LogP contribution in [-0.2, 0) is 6.54 Å². The van der Waals surface area contributed by atoms with Gasteiger partial charge in [0.25, 0.3) is 0 Å². The first-order valence-corrected chi connectivity index (χ1v) is 12.1. The third-order valence-electron chi connectivity index (χ3n) is 6.60. The third-order valence-corrected chi connectivity index (χ3v) is 6.83. The molecule has 7 nitrogen and oxygen atoms in total. The highest BCUT2D eigenvalue weighted by Crippen LogP contribution is 2.30. The van der Waals surface area contributed by atoms with Crippen LogP contribution in [0.2, 0.25) is 5.02 Å². The molecule has 0 aliphatic carbocycles. The van der Waals surface area contributed by atoms with Crippen LogP contribution in [0.25, 0.3) is 5.65 Å². The summed E-state index contributed by atoms with van der Waals surface area (Å²) in [5, 5.41) is 5.37. The summed E-state index contributed by atoms with van der Waals surface area (Å²) in [7, 11) is 2.21. The molecule has 3 aromatic rings. The smallest absolute Gasteiger partial charge is 0.157 e. The van der Waals surface area contributed by atoms with Crippen molar-refractivity contribution in [3.05, 3.63) is 57.9 Å². The van der Waals surface area contributed by atoms with Crippen molar-refractivity contribution >= 4 is 29.4 Å². The molecule has 4 heterocycles. The Hall–Kier alpha value is -2.48. The maximum absolute atomic E-state index is 10.4. The predicted octanol–water partition coefficient (Wildman–Crippen LogP) is 4.41. The quantitative estimate of drug-likeness (QED) is 0.571. The van der Waals surface area contributed by atoms with Crippen molar-refractivity contribution in [3.63, 3.8) is 0 Å². The van der Waals surface area contributed by atoms with Gasteiger partial charge in [0, 0.05) is 48.0 Å². The minimum absolute atomic E-state index is 0.366. The number of carbonyl (C=O) groups excluding carboxylic acids is 1. The zero-order valence-electron chi connectivity index (χ0n) is 19.5. The van der Waals surface area contributed by atoms with Crippen LogP contribution >= 0.6 is 11.6 Å². The number of fused-ring (bicyclic) bond motifs is 1. The van der Waals surface area contributed by atoms with Crippen molar-refractivity contribution in [3.8, 4) is 0 Å². The van der Waals surface area contributed by atoms with E-state index < -0.39 is 0 Å². The van der Waals surface area contributed by atoms with E-state index in [1.165, 1.54) is 49.9 Å². The van der Waals surface area contributed by atoms with E-state index in [1.54, 1.807) is 18.2 Å². The third kappa shape index (κ3) is 5.37. The molecule has 0 radical (unpaired) electrons. The lowest BCUT2D eigenvalue weighted by Crippen LogP contribution is -2.29. The standard InChI is InChI=1S/C17H25N5.C8H8ClNO/c1-13-12-22-16(18-17(13)21-9-5-6-10-21)11-14(19-22)15-7-3-4-8-20(15)2;9-8-2-1-6(4-10)7(3-8)5-11/h11-12,15H,3-10H2,1-2H3;1-3,5H,4,10H2. The molecule has 5 rings (SSSR count). The number of hydrogen-bond acceptors (Lipinski definition) is 6. The summed E-state index contributed by atoms with van der Waals surface area (Å²) in [5.41, 5.74) is 10.2. The Morgan fingerprint density at radius 3 is 2.61 bits per heavy atom. The van der Waals surface area contributed by atoms with Gasteiger partial charge in [-0.15, -0.1) is 0 Å². The molecular formula is C25H33ClN6O. The Bertz CT molecular complexity index is 1110. The van der Waals surface area contributed by atoms with Crippen molar-refractivity contribution in [2.45, 2.75) is 51.6 Å². The first-order chi connectivity index (χ1) is 16.0. The van der Waals surface area contributed by atoms with Gasteiger partial charge in [-0.1, -0.05) is 24.1 Å². The molecular weight excluding hydrogens is 436 g/mol. The van der Waals surface area contributed by atoms with E-state index in [0.29, 0.717) is 23.2 Å². The zero-order valence-corrected chi connectivity index (χ0v) is 20.3. The Balaban J connectivity index is 0.000000200. The molecule has 33 heavy (non-hydrogen) atoms. The predicted molar refractivity (Wildman–Crippen MR) is 133 cm³/mol. The summed E-state index contributed by atoms with van der Waals surface area (Å²) in [4.78, 5) is 20.2. The van der Waals surface area contributed by atoms with Gasteiger partial charge in [0.05, 0.1) is 11.7 Å². The molecule has 2 aromatic heterocycles. The second kappa shape index (κ2) is 10.6. The summed E-state index contributed by atoms with van der Waals surface area (Å²) in [5.74, 6) is 1.15. The fourth-order valence-electron chi connectivity index (χ4n) is 4.74. The molecule has 0 spiro atoms. The van der Waals surface area contributed by atoms with E-state index in [-0.39, 0.29) is 0 Å². The average Bonchev–Trinajstić information content (AvgIpc) is 3.49. The van der Waals surface area contributed by atoms with Crippen LogP contribution in [0.5, 0.6) is 0 Å². The number of hydrogen-bond donors (Lipinski definition) is 1. The van der Waals surface area contributed by atoms with Gasteiger partial charge in [-0.3, -0.25) is 9.69 Å². The summed E-state index contributed by atoms with van der Waals surface area (Å²) < 4.78 is 1.96. The molecule has 1 atom stereocenters. The number of aryl methyl sites for hydroxylation is 1. The number of benzene rings is 1. The fourth-order valence-corrected chi connectivity index (χ4v) is 4.92. The summed E-state index contributed by atoms with van der Waals surface area (Å²) in [6, 6.07) is 7.72. The van der Waals surface area contributed by atoms with E-state index in [0.717, 1.165) is 36.4 Å². The lowest BCUT2D eigenvalue weighted by atomic mass is 10.0. The average molecular weight is 469 g/mol. The maximum atomic E-state index is 10.4. The summed E-state index contributed by atoms with van der Waals surface area (Å²) >= 11 is 5.65. The van der Waals surface area contributed by atoms with Gasteiger partial charge in [0.2, 0.25) is 0 Å². The number of nitrogens with two attached hydrogens (primary N) is 1. The van der Waals surface area contributed by atoms with Gasteiger partial charge < -0.3 is 10.6 Å². The molecule has 2 saturated heterocycles. The first-order valence-electron chi connectivity index (χ1n) is 11.8. The van der Waals surface area contributed by atoms with Crippen LogP contribution in [0.3, 0.4) is 0 Å². The van der Waals surface area contributed by atoms with Crippen LogP contribution < -0.4 is 10.6 Å². The van der Waals surface area contributed by atoms with Gasteiger partial charge in [0.15, 0.2) is 5.65 Å². The topological polar surface area (TPSA) is 79.8 Å². The maximum Gasteiger partial charge on any atom is 0.157 e. The monoisotopic (exact) mass is 468 g/mol. The molecule has 2 N–H and O–H groups in total. The van der Waals surface area contributed by atoms with Crippen LogP contribution in [0.4, 0.5) is 5.82 Å². The number of anilines is 1. The Labute approximate surface area is 200 Å². The lowest BCUT2D eigenvalue weighted by molar-refractivity contribution is 0.112. The number of aromatic nitrogens is 3. The number of carbonyl (C=O) groups is 1. The second-order valence-corrected chi connectivity index (χ2v) is 9.41. The normalized spacial score (nSPS) is 18.9. The molecule has 2 aliphatic rings. The van der Waals surface area contributed by atoms with Crippen LogP contribution in [0.1, 0.15) is 65.3 Å². The molecule has 0 bridgehead atoms. The second-order valence-electron chi connectivity index (χ2n) is 8.97. The molecule has 1 aromatic carbocycles. The highest BCUT2D eigenvalue weighted by Gasteiger charge is 2.24. The van der Waals surface area contributed by atoms with E-state index in [2.05, 4.69) is 36.0 Å². The van der Waals surface area contributed by atoms with Gasteiger partial charge in [0.1, 0.15) is 12.1 Å². The van der Waals surface area contributed by atoms with Gasteiger partial charge >= 0.3 is 0 Å².